The summed E-state index contributed by atoms with van der Waals surface area (Å²) in [4.78, 5) is 11.0. The number of amides is 1. The van der Waals surface area contributed by atoms with Crippen LogP contribution in [-0.4, -0.2) is 23.0 Å². The molecule has 15 heavy (non-hydrogen) atoms. The fraction of sp³-hybridized carbons (Fsp3) is 0.909. The average molecular weight is 214 g/mol. The van der Waals surface area contributed by atoms with E-state index < -0.39 is 0 Å². The van der Waals surface area contributed by atoms with E-state index in [4.69, 9.17) is 0 Å². The molecule has 0 radical (unpaired) electrons. The van der Waals surface area contributed by atoms with Gasteiger partial charge in [0.05, 0.1) is 11.1 Å². The molecule has 1 saturated heterocycles. The lowest BCUT2D eigenvalue weighted by Crippen LogP contribution is -3.23. The van der Waals surface area contributed by atoms with E-state index in [1.165, 1.54) is 6.92 Å². The number of rotatable bonds is 1. The van der Waals surface area contributed by atoms with Crippen LogP contribution in [0.2, 0.25) is 0 Å². The monoisotopic (exact) mass is 214 g/mol. The van der Waals surface area contributed by atoms with E-state index in [0.717, 1.165) is 12.8 Å². The topological polar surface area (TPSA) is 56.6 Å². The van der Waals surface area contributed by atoms with Gasteiger partial charge in [-0.2, -0.15) is 0 Å². The van der Waals surface area contributed by atoms with Gasteiger partial charge in [-0.05, 0) is 27.7 Å². The zero-order valence-corrected chi connectivity index (χ0v) is 10.3. The lowest BCUT2D eigenvalue weighted by molar-refractivity contribution is -0.955. The summed E-state index contributed by atoms with van der Waals surface area (Å²) in [6.07, 6.45) is 1.49. The highest BCUT2D eigenvalue weighted by molar-refractivity contribution is 5.73. The fourth-order valence-electron chi connectivity index (χ4n) is 2.80. The van der Waals surface area contributed by atoms with E-state index in [1.807, 2.05) is 27.7 Å². The van der Waals surface area contributed by atoms with Crippen molar-refractivity contribution in [1.29, 1.82) is 0 Å². The van der Waals surface area contributed by atoms with Crippen molar-refractivity contribution < 1.29 is 9.86 Å². The van der Waals surface area contributed by atoms with Crippen LogP contribution in [0.5, 0.6) is 0 Å². The molecule has 0 bridgehead atoms. The summed E-state index contributed by atoms with van der Waals surface area (Å²) in [5, 5.41) is 15.3. The molecule has 1 heterocycles. The van der Waals surface area contributed by atoms with Crippen molar-refractivity contribution in [2.75, 3.05) is 0 Å². The number of piperidine rings is 1. The highest BCUT2D eigenvalue weighted by atomic mass is 16.5. The summed E-state index contributed by atoms with van der Waals surface area (Å²) >= 11 is 0. The molecule has 1 fully saturated rings. The predicted molar refractivity (Wildman–Crippen MR) is 59.3 cm³/mol. The van der Waals surface area contributed by atoms with Crippen LogP contribution < -0.4 is 10.4 Å². The van der Waals surface area contributed by atoms with Gasteiger partial charge in [-0.25, -0.2) is 0 Å². The standard InChI is InChI=1S/C11H22N2O2/c1-8(14)12-9-6-10(2,3)13(15)11(4,5)7-9/h9,13H,6-7H2,1-5H3,(H,12,14). The Morgan fingerprint density at radius 2 is 1.67 bits per heavy atom. The maximum Gasteiger partial charge on any atom is 0.217 e. The molecule has 0 aromatic carbocycles. The molecule has 4 nitrogen and oxygen atoms in total. The molecule has 0 saturated carbocycles. The first-order valence-corrected chi connectivity index (χ1v) is 5.47. The third-order valence-electron chi connectivity index (χ3n) is 3.15. The van der Waals surface area contributed by atoms with Gasteiger partial charge in [-0.3, -0.25) is 4.79 Å². The van der Waals surface area contributed by atoms with Crippen molar-refractivity contribution in [3.63, 3.8) is 0 Å². The normalized spacial score (nSPS) is 33.5. The Balaban J connectivity index is 2.79. The van der Waals surface area contributed by atoms with Crippen LogP contribution in [0.3, 0.4) is 0 Å². The molecule has 88 valence electrons. The van der Waals surface area contributed by atoms with Crippen LogP contribution in [-0.2, 0) is 4.79 Å². The first-order valence-electron chi connectivity index (χ1n) is 5.47. The van der Waals surface area contributed by atoms with Crippen molar-refractivity contribution in [2.45, 2.75) is 64.6 Å². The Hall–Kier alpha value is -0.610. The number of quaternary nitrogens is 1. The van der Waals surface area contributed by atoms with Crippen molar-refractivity contribution in [3.8, 4) is 0 Å². The minimum Gasteiger partial charge on any atom is -0.634 e. The van der Waals surface area contributed by atoms with Gasteiger partial charge in [0.25, 0.3) is 0 Å². The van der Waals surface area contributed by atoms with E-state index in [-0.39, 0.29) is 23.0 Å². The molecule has 1 aliphatic rings. The Labute approximate surface area is 91.6 Å². The Morgan fingerprint density at radius 3 is 2.00 bits per heavy atom. The number of hydroxylamine groups is 2. The summed E-state index contributed by atoms with van der Waals surface area (Å²) < 4.78 is 0. The smallest absolute Gasteiger partial charge is 0.217 e. The van der Waals surface area contributed by atoms with E-state index in [9.17, 15) is 10.0 Å². The molecule has 1 aliphatic heterocycles. The molecule has 1 rings (SSSR count). The summed E-state index contributed by atoms with van der Waals surface area (Å²) in [7, 11) is 0. The molecule has 0 spiro atoms. The Kier molecular flexibility index (Phi) is 3.12. The Bertz CT molecular complexity index is 243. The van der Waals surface area contributed by atoms with Crippen LogP contribution >= 0.6 is 0 Å². The number of hydrogen-bond donors (Lipinski definition) is 2. The Morgan fingerprint density at radius 1 is 1.27 bits per heavy atom. The van der Waals surface area contributed by atoms with E-state index in [0.29, 0.717) is 5.06 Å². The third kappa shape index (κ3) is 2.69. The molecule has 0 unspecified atom stereocenters. The minimum atomic E-state index is -0.325. The summed E-state index contributed by atoms with van der Waals surface area (Å²) in [5.41, 5.74) is -0.649. The van der Waals surface area contributed by atoms with Gasteiger partial charge in [0, 0.05) is 25.8 Å². The second kappa shape index (κ2) is 3.76. The van der Waals surface area contributed by atoms with Gasteiger partial charge in [-0.15, -0.1) is 0 Å². The molecule has 0 atom stereocenters. The molecule has 1 amide bonds. The van der Waals surface area contributed by atoms with Gasteiger partial charge < -0.3 is 15.6 Å². The van der Waals surface area contributed by atoms with Crippen LogP contribution in [0.1, 0.15) is 47.5 Å². The maximum atomic E-state index is 12.1. The molecule has 4 heteroatoms. The second-order valence-corrected chi connectivity index (χ2v) is 5.90. The van der Waals surface area contributed by atoms with Gasteiger partial charge in [0.15, 0.2) is 0 Å². The maximum absolute atomic E-state index is 12.1. The lowest BCUT2D eigenvalue weighted by atomic mass is 9.79. The first-order chi connectivity index (χ1) is 6.65. The van der Waals surface area contributed by atoms with Gasteiger partial charge in [-0.1, -0.05) is 0 Å². The highest BCUT2D eigenvalue weighted by Crippen LogP contribution is 2.23. The predicted octanol–water partition coefficient (Wildman–Crippen LogP) is 0.225. The summed E-state index contributed by atoms with van der Waals surface area (Å²) in [6, 6.07) is 0.130. The summed E-state index contributed by atoms with van der Waals surface area (Å²) in [5.74, 6) is -0.0130. The zero-order valence-electron chi connectivity index (χ0n) is 10.3. The fourth-order valence-corrected chi connectivity index (χ4v) is 2.80. The van der Waals surface area contributed by atoms with E-state index >= 15 is 0 Å². The van der Waals surface area contributed by atoms with Crippen LogP contribution in [0.15, 0.2) is 0 Å². The average Bonchev–Trinajstić information content (AvgIpc) is 1.97. The third-order valence-corrected chi connectivity index (χ3v) is 3.15. The van der Waals surface area contributed by atoms with E-state index in [1.54, 1.807) is 0 Å². The zero-order chi connectivity index (χ0) is 11.9. The van der Waals surface area contributed by atoms with Gasteiger partial charge >= 0.3 is 0 Å². The quantitative estimate of drug-likeness (QED) is 0.614. The van der Waals surface area contributed by atoms with Crippen molar-refractivity contribution in [1.82, 2.24) is 5.32 Å². The minimum absolute atomic E-state index is 0.0130. The number of hydrogen-bond acceptors (Lipinski definition) is 2. The molecule has 0 aromatic heterocycles. The number of nitrogens with one attached hydrogen (secondary N) is 2. The molecule has 0 aliphatic carbocycles. The largest absolute Gasteiger partial charge is 0.634 e. The SMILES string of the molecule is CC(=O)NC1CC(C)(C)[NH+]([O-])C(C)(C)C1. The van der Waals surface area contributed by atoms with Crippen LogP contribution in [0.25, 0.3) is 0 Å². The van der Waals surface area contributed by atoms with Gasteiger partial charge in [0.1, 0.15) is 0 Å². The molecule has 2 N–H and O–H groups in total. The van der Waals surface area contributed by atoms with Crippen molar-refractivity contribution in [3.05, 3.63) is 5.21 Å². The first kappa shape index (κ1) is 12.5. The highest BCUT2D eigenvalue weighted by Gasteiger charge is 2.45. The summed E-state index contributed by atoms with van der Waals surface area (Å²) in [6.45, 7) is 9.38. The van der Waals surface area contributed by atoms with Gasteiger partial charge in [0.2, 0.25) is 5.91 Å². The molecule has 0 aromatic rings. The van der Waals surface area contributed by atoms with Crippen LogP contribution in [0.4, 0.5) is 0 Å². The second-order valence-electron chi connectivity index (χ2n) is 5.90. The van der Waals surface area contributed by atoms with Crippen LogP contribution in [0, 0.1) is 5.21 Å². The number of carbonyl (C=O) groups is 1. The molecular formula is C11H22N2O2. The van der Waals surface area contributed by atoms with Crippen molar-refractivity contribution in [2.24, 2.45) is 0 Å². The van der Waals surface area contributed by atoms with E-state index in [2.05, 4.69) is 5.32 Å². The lowest BCUT2D eigenvalue weighted by Gasteiger charge is -2.54. The number of carbonyl (C=O) groups excluding carboxylic acids is 1. The van der Waals surface area contributed by atoms with Crippen molar-refractivity contribution >= 4 is 5.91 Å². The molecular weight excluding hydrogens is 192 g/mol.